The van der Waals surface area contributed by atoms with E-state index in [0.29, 0.717) is 0 Å². The number of rotatable bonds is 3. The van der Waals surface area contributed by atoms with Crippen molar-refractivity contribution < 1.29 is 18.0 Å². The van der Waals surface area contributed by atoms with Gasteiger partial charge in [-0.25, -0.2) is 13.4 Å². The van der Waals surface area contributed by atoms with Crippen LogP contribution >= 0.6 is 23.2 Å². The number of aliphatic imine (C=N–C) groups is 1. The molecular weight excluding hydrogens is 353 g/mol. The average molecular weight is 364 g/mol. The average Bonchev–Trinajstić information content (AvgIpc) is 2.78. The first kappa shape index (κ1) is 16.7. The van der Waals surface area contributed by atoms with E-state index in [9.17, 15) is 18.0 Å². The quantitative estimate of drug-likeness (QED) is 0.760. The highest BCUT2D eigenvalue weighted by Gasteiger charge is 2.52. The SMILES string of the molecule is CS(=O)(=O)C1=NC(NC(=O)c2ccccc2)(C(Cl)Cl)C(=O)N1. The molecule has 22 heavy (non-hydrogen) atoms. The van der Waals surface area contributed by atoms with Crippen molar-refractivity contribution in [3.05, 3.63) is 35.9 Å². The maximum atomic E-state index is 12.2. The first-order valence-electron chi connectivity index (χ1n) is 5.94. The molecule has 1 heterocycles. The van der Waals surface area contributed by atoms with Gasteiger partial charge in [0.1, 0.15) is 0 Å². The lowest BCUT2D eigenvalue weighted by atomic mass is 10.1. The van der Waals surface area contributed by atoms with Crippen LogP contribution in [0.1, 0.15) is 10.4 Å². The predicted molar refractivity (Wildman–Crippen MR) is 82.6 cm³/mol. The number of sulfone groups is 1. The number of hydrogen-bond acceptors (Lipinski definition) is 5. The van der Waals surface area contributed by atoms with Crippen LogP contribution in [0.3, 0.4) is 0 Å². The van der Waals surface area contributed by atoms with Gasteiger partial charge in [-0.2, -0.15) is 0 Å². The number of hydrogen-bond donors (Lipinski definition) is 2. The minimum atomic E-state index is -3.79. The predicted octanol–water partition coefficient (Wildman–Crippen LogP) is 0.447. The summed E-state index contributed by atoms with van der Waals surface area (Å²) in [5.41, 5.74) is -1.86. The van der Waals surface area contributed by atoms with Crippen LogP contribution in [-0.2, 0) is 14.6 Å². The second kappa shape index (κ2) is 5.86. The highest BCUT2D eigenvalue weighted by atomic mass is 35.5. The van der Waals surface area contributed by atoms with Gasteiger partial charge in [-0.15, -0.1) is 0 Å². The molecule has 1 unspecified atom stereocenters. The van der Waals surface area contributed by atoms with Gasteiger partial charge in [-0.05, 0) is 12.1 Å². The minimum absolute atomic E-state index is 0.242. The summed E-state index contributed by atoms with van der Waals surface area (Å²) >= 11 is 11.5. The Labute approximate surface area is 136 Å². The Morgan fingerprint density at radius 2 is 1.91 bits per heavy atom. The molecule has 2 amide bonds. The lowest BCUT2D eigenvalue weighted by Gasteiger charge is -2.25. The smallest absolute Gasteiger partial charge is 0.277 e. The molecule has 118 valence electrons. The molecule has 1 aliphatic rings. The molecule has 0 saturated carbocycles. The molecule has 0 saturated heterocycles. The molecule has 0 aromatic heterocycles. The van der Waals surface area contributed by atoms with Gasteiger partial charge < -0.3 is 5.32 Å². The fourth-order valence-corrected chi connectivity index (χ4v) is 2.72. The zero-order valence-electron chi connectivity index (χ0n) is 11.2. The maximum Gasteiger partial charge on any atom is 0.277 e. The number of carbonyl (C=O) groups excluding carboxylic acids is 2. The Kier molecular flexibility index (Phi) is 4.46. The second-order valence-corrected chi connectivity index (χ2v) is 7.56. The standard InChI is InChI=1S/C12H11Cl2N3O4S/c1-22(20,21)11-15-10(19)12(17-11,9(13)14)16-8(18)7-5-3-2-4-6-7/h2-6,9H,1H3,(H,16,18)(H,15,17,19). The van der Waals surface area contributed by atoms with Crippen molar-refractivity contribution in [2.24, 2.45) is 4.99 Å². The van der Waals surface area contributed by atoms with Gasteiger partial charge >= 0.3 is 0 Å². The summed E-state index contributed by atoms with van der Waals surface area (Å²) in [5.74, 6) is -1.59. The zero-order chi connectivity index (χ0) is 16.5. The van der Waals surface area contributed by atoms with Gasteiger partial charge in [-0.1, -0.05) is 41.4 Å². The fourth-order valence-electron chi connectivity index (χ4n) is 1.73. The largest absolute Gasteiger partial charge is 0.318 e. The van der Waals surface area contributed by atoms with E-state index >= 15 is 0 Å². The van der Waals surface area contributed by atoms with Crippen LogP contribution in [0.4, 0.5) is 0 Å². The minimum Gasteiger partial charge on any atom is -0.318 e. The first-order valence-corrected chi connectivity index (χ1v) is 8.70. The number of amidine groups is 1. The van der Waals surface area contributed by atoms with E-state index in [1.54, 1.807) is 18.2 Å². The topological polar surface area (TPSA) is 105 Å². The third-order valence-electron chi connectivity index (χ3n) is 2.85. The lowest BCUT2D eigenvalue weighted by Crippen LogP contribution is -2.58. The Hall–Kier alpha value is -1.64. The fraction of sp³-hybridized carbons (Fsp3) is 0.250. The van der Waals surface area contributed by atoms with Crippen molar-refractivity contribution in [1.29, 1.82) is 0 Å². The molecule has 7 nitrogen and oxygen atoms in total. The van der Waals surface area contributed by atoms with E-state index in [2.05, 4.69) is 15.6 Å². The number of amides is 2. The Balaban J connectivity index is 2.41. The van der Waals surface area contributed by atoms with Crippen LogP contribution in [-0.4, -0.2) is 42.2 Å². The van der Waals surface area contributed by atoms with Crippen LogP contribution < -0.4 is 10.6 Å². The van der Waals surface area contributed by atoms with Gasteiger partial charge in [0.2, 0.25) is 20.7 Å². The molecule has 0 spiro atoms. The van der Waals surface area contributed by atoms with E-state index in [4.69, 9.17) is 23.2 Å². The molecule has 0 bridgehead atoms. The molecule has 2 N–H and O–H groups in total. The van der Waals surface area contributed by atoms with Gasteiger partial charge in [0.15, 0.2) is 4.84 Å². The normalized spacial score (nSPS) is 21.5. The van der Waals surface area contributed by atoms with Crippen molar-refractivity contribution in [3.8, 4) is 0 Å². The summed E-state index contributed by atoms with van der Waals surface area (Å²) in [6.45, 7) is 0. The van der Waals surface area contributed by atoms with Crippen molar-refractivity contribution >= 4 is 50.0 Å². The van der Waals surface area contributed by atoms with Crippen molar-refractivity contribution in [3.63, 3.8) is 0 Å². The Morgan fingerprint density at radius 1 is 1.32 bits per heavy atom. The molecule has 0 radical (unpaired) electrons. The van der Waals surface area contributed by atoms with Crippen LogP contribution in [0.15, 0.2) is 35.3 Å². The lowest BCUT2D eigenvalue weighted by molar-refractivity contribution is -0.124. The summed E-state index contributed by atoms with van der Waals surface area (Å²) in [6.07, 6.45) is 0.860. The van der Waals surface area contributed by atoms with Crippen molar-refractivity contribution in [2.75, 3.05) is 6.26 Å². The summed E-state index contributed by atoms with van der Waals surface area (Å²) in [6, 6.07) is 7.98. The zero-order valence-corrected chi connectivity index (χ0v) is 13.5. The van der Waals surface area contributed by atoms with E-state index in [1.165, 1.54) is 12.1 Å². The van der Waals surface area contributed by atoms with E-state index in [1.807, 2.05) is 0 Å². The van der Waals surface area contributed by atoms with E-state index < -0.39 is 37.3 Å². The van der Waals surface area contributed by atoms with Crippen LogP contribution in [0, 0.1) is 0 Å². The third kappa shape index (κ3) is 3.08. The number of benzene rings is 1. The number of halogens is 2. The highest BCUT2D eigenvalue weighted by molar-refractivity contribution is 8.05. The highest BCUT2D eigenvalue weighted by Crippen LogP contribution is 2.27. The molecule has 1 aliphatic heterocycles. The van der Waals surface area contributed by atoms with Crippen LogP contribution in [0.2, 0.25) is 0 Å². The number of carbonyl (C=O) groups is 2. The first-order chi connectivity index (χ1) is 10.2. The summed E-state index contributed by atoms with van der Waals surface area (Å²) < 4.78 is 23.0. The molecule has 0 fully saturated rings. The summed E-state index contributed by atoms with van der Waals surface area (Å²) in [7, 11) is -3.79. The number of nitrogens with zero attached hydrogens (tertiary/aromatic N) is 1. The van der Waals surface area contributed by atoms with Gasteiger partial charge in [0.05, 0.1) is 0 Å². The van der Waals surface area contributed by atoms with Gasteiger partial charge in [0.25, 0.3) is 11.8 Å². The molecule has 0 aliphatic carbocycles. The van der Waals surface area contributed by atoms with Gasteiger partial charge in [-0.3, -0.25) is 14.9 Å². The summed E-state index contributed by atoms with van der Waals surface area (Å²) in [4.78, 5) is 26.5. The molecular formula is C12H11Cl2N3O4S. The molecule has 1 atom stereocenters. The monoisotopic (exact) mass is 363 g/mol. The van der Waals surface area contributed by atoms with Gasteiger partial charge in [0, 0.05) is 11.8 Å². The van der Waals surface area contributed by atoms with Crippen molar-refractivity contribution in [2.45, 2.75) is 10.5 Å². The van der Waals surface area contributed by atoms with E-state index in [-0.39, 0.29) is 5.56 Å². The van der Waals surface area contributed by atoms with Crippen LogP contribution in [0.25, 0.3) is 0 Å². The molecule has 2 rings (SSSR count). The van der Waals surface area contributed by atoms with Crippen LogP contribution in [0.5, 0.6) is 0 Å². The number of alkyl halides is 2. The molecule has 1 aromatic carbocycles. The Bertz CT molecular complexity index is 749. The summed E-state index contributed by atoms with van der Waals surface area (Å²) in [5, 5.41) is 3.76. The molecule has 1 aromatic rings. The van der Waals surface area contributed by atoms with E-state index in [0.717, 1.165) is 6.26 Å². The Morgan fingerprint density at radius 3 is 2.36 bits per heavy atom. The maximum absolute atomic E-state index is 12.2. The number of nitrogens with one attached hydrogen (secondary N) is 2. The molecule has 10 heteroatoms. The second-order valence-electron chi connectivity index (χ2n) is 4.53. The third-order valence-corrected chi connectivity index (χ3v) is 4.38. The van der Waals surface area contributed by atoms with Crippen molar-refractivity contribution in [1.82, 2.24) is 10.6 Å².